The lowest BCUT2D eigenvalue weighted by Crippen LogP contribution is -2.57. The average Bonchev–Trinajstić information content (AvgIpc) is 3.13. The molecule has 1 aromatic rings. The van der Waals surface area contributed by atoms with Crippen molar-refractivity contribution < 1.29 is 14.0 Å². The molecular weight excluding hydrogens is 401 g/mol. The van der Waals surface area contributed by atoms with E-state index in [1.165, 1.54) is 24.2 Å². The Morgan fingerprint density at radius 1 is 1.25 bits per heavy atom. The first-order valence-corrected chi connectivity index (χ1v) is 10.8. The minimum atomic E-state index is -0.463. The molecule has 0 aromatic heterocycles. The number of benzene rings is 1. The SMILES string of the molecule is Cl.O=C1NC(C(=O)N2CCC3(CCNC3)CC2)CSC1Cc1ccccc1F. The van der Waals surface area contributed by atoms with E-state index in [1.807, 2.05) is 4.90 Å². The van der Waals surface area contributed by atoms with Crippen LogP contribution in [0.2, 0.25) is 0 Å². The standard InChI is InChI=1S/C20H26FN3O2S.ClH/c21-15-4-2-1-3-14(15)11-17-18(25)23-16(12-27-17)19(26)24-9-6-20(7-10-24)5-8-22-13-20;/h1-4,16-17,22H,5-13H2,(H,23,25);1H. The summed E-state index contributed by atoms with van der Waals surface area (Å²) in [6, 6.07) is 6.08. The van der Waals surface area contributed by atoms with Crippen LogP contribution in [0, 0.1) is 11.2 Å². The van der Waals surface area contributed by atoms with Crippen molar-refractivity contribution in [3.8, 4) is 0 Å². The second kappa shape index (κ2) is 9.01. The predicted octanol–water partition coefficient (Wildman–Crippen LogP) is 1.99. The topological polar surface area (TPSA) is 61.4 Å². The van der Waals surface area contributed by atoms with Gasteiger partial charge < -0.3 is 15.5 Å². The molecule has 2 unspecified atom stereocenters. The molecule has 5 nitrogen and oxygen atoms in total. The highest BCUT2D eigenvalue weighted by Crippen LogP contribution is 2.37. The Morgan fingerprint density at radius 2 is 2.00 bits per heavy atom. The van der Waals surface area contributed by atoms with Gasteiger partial charge in [-0.05, 0) is 49.3 Å². The molecule has 0 aliphatic carbocycles. The highest BCUT2D eigenvalue weighted by atomic mass is 35.5. The molecule has 2 atom stereocenters. The van der Waals surface area contributed by atoms with Gasteiger partial charge in [-0.1, -0.05) is 18.2 Å². The number of carbonyl (C=O) groups is 2. The normalized spacial score (nSPS) is 26.6. The van der Waals surface area contributed by atoms with Crippen molar-refractivity contribution in [3.63, 3.8) is 0 Å². The van der Waals surface area contributed by atoms with Crippen molar-refractivity contribution in [1.82, 2.24) is 15.5 Å². The van der Waals surface area contributed by atoms with Crippen molar-refractivity contribution in [1.29, 1.82) is 0 Å². The molecule has 8 heteroatoms. The van der Waals surface area contributed by atoms with Crippen LogP contribution in [-0.2, 0) is 16.0 Å². The molecule has 3 fully saturated rings. The number of thioether (sulfide) groups is 1. The van der Waals surface area contributed by atoms with Crippen LogP contribution in [0.15, 0.2) is 24.3 Å². The van der Waals surface area contributed by atoms with E-state index in [-0.39, 0.29) is 35.3 Å². The van der Waals surface area contributed by atoms with Gasteiger partial charge >= 0.3 is 0 Å². The number of likely N-dealkylation sites (tertiary alicyclic amines) is 1. The Labute approximate surface area is 175 Å². The first-order valence-electron chi connectivity index (χ1n) is 9.71. The molecule has 3 aliphatic heterocycles. The minimum absolute atomic E-state index is 0. The zero-order valence-electron chi connectivity index (χ0n) is 15.8. The molecule has 3 saturated heterocycles. The first kappa shape index (κ1) is 21.4. The fourth-order valence-corrected chi connectivity index (χ4v) is 5.55. The maximum atomic E-state index is 13.8. The van der Waals surface area contributed by atoms with E-state index in [1.54, 1.807) is 18.2 Å². The summed E-state index contributed by atoms with van der Waals surface area (Å²) in [5, 5.41) is 5.97. The van der Waals surface area contributed by atoms with Crippen LogP contribution in [0.3, 0.4) is 0 Å². The number of nitrogens with one attached hydrogen (secondary N) is 2. The molecule has 0 bridgehead atoms. The Morgan fingerprint density at radius 3 is 2.64 bits per heavy atom. The summed E-state index contributed by atoms with van der Waals surface area (Å²) in [6.07, 6.45) is 3.62. The van der Waals surface area contributed by atoms with E-state index in [4.69, 9.17) is 0 Å². The summed E-state index contributed by atoms with van der Waals surface area (Å²) in [7, 11) is 0. The van der Waals surface area contributed by atoms with E-state index in [0.717, 1.165) is 39.0 Å². The molecule has 0 saturated carbocycles. The zero-order chi connectivity index (χ0) is 18.9. The quantitative estimate of drug-likeness (QED) is 0.774. The molecule has 154 valence electrons. The Balaban J connectivity index is 0.00000225. The van der Waals surface area contributed by atoms with Crippen molar-refractivity contribution in [2.75, 3.05) is 31.9 Å². The van der Waals surface area contributed by atoms with E-state index < -0.39 is 6.04 Å². The van der Waals surface area contributed by atoms with E-state index >= 15 is 0 Å². The number of amides is 2. The lowest BCUT2D eigenvalue weighted by Gasteiger charge is -2.40. The summed E-state index contributed by atoms with van der Waals surface area (Å²) >= 11 is 1.46. The summed E-state index contributed by atoms with van der Waals surface area (Å²) < 4.78 is 13.8. The lowest BCUT2D eigenvalue weighted by molar-refractivity contribution is -0.137. The van der Waals surface area contributed by atoms with E-state index in [0.29, 0.717) is 23.2 Å². The van der Waals surface area contributed by atoms with Crippen molar-refractivity contribution in [2.45, 2.75) is 37.0 Å². The molecule has 2 N–H and O–H groups in total. The lowest BCUT2D eigenvalue weighted by atomic mass is 9.78. The van der Waals surface area contributed by atoms with Gasteiger partial charge in [0.1, 0.15) is 11.9 Å². The van der Waals surface area contributed by atoms with Crippen LogP contribution in [0.4, 0.5) is 4.39 Å². The Kier molecular flexibility index (Phi) is 6.89. The third-order valence-electron chi connectivity index (χ3n) is 6.20. The fraction of sp³-hybridized carbons (Fsp3) is 0.600. The summed E-state index contributed by atoms with van der Waals surface area (Å²) in [4.78, 5) is 27.2. The number of halogens is 2. The molecule has 2 amide bonds. The molecule has 4 rings (SSSR count). The Bertz CT molecular complexity index is 719. The van der Waals surface area contributed by atoms with Gasteiger partial charge in [-0.3, -0.25) is 9.59 Å². The van der Waals surface area contributed by atoms with Gasteiger partial charge in [-0.2, -0.15) is 0 Å². The number of nitrogens with zero attached hydrogens (tertiary/aromatic N) is 1. The van der Waals surface area contributed by atoms with Crippen molar-refractivity contribution in [3.05, 3.63) is 35.6 Å². The molecule has 1 spiro atoms. The van der Waals surface area contributed by atoms with Crippen LogP contribution < -0.4 is 10.6 Å². The summed E-state index contributed by atoms with van der Waals surface area (Å²) in [5.41, 5.74) is 0.910. The maximum Gasteiger partial charge on any atom is 0.246 e. The minimum Gasteiger partial charge on any atom is -0.343 e. The van der Waals surface area contributed by atoms with Gasteiger partial charge in [0.2, 0.25) is 11.8 Å². The number of hydrogen-bond donors (Lipinski definition) is 2. The second-order valence-electron chi connectivity index (χ2n) is 7.93. The molecular formula is C20H27ClFN3O2S. The summed E-state index contributed by atoms with van der Waals surface area (Å²) in [5.74, 6) is 0.127. The summed E-state index contributed by atoms with van der Waals surface area (Å²) in [6.45, 7) is 3.68. The van der Waals surface area contributed by atoms with Gasteiger partial charge in [-0.15, -0.1) is 24.2 Å². The number of piperidine rings is 1. The molecule has 3 heterocycles. The van der Waals surface area contributed by atoms with Crippen molar-refractivity contribution >= 4 is 36.0 Å². The van der Waals surface area contributed by atoms with Gasteiger partial charge in [0.15, 0.2) is 0 Å². The molecule has 0 radical (unpaired) electrons. The van der Waals surface area contributed by atoms with Gasteiger partial charge in [-0.25, -0.2) is 4.39 Å². The zero-order valence-corrected chi connectivity index (χ0v) is 17.4. The molecule has 3 aliphatic rings. The highest BCUT2D eigenvalue weighted by Gasteiger charge is 2.40. The van der Waals surface area contributed by atoms with Crippen LogP contribution in [0.25, 0.3) is 0 Å². The number of hydrogen-bond acceptors (Lipinski definition) is 4. The maximum absolute atomic E-state index is 13.8. The Hall–Kier alpha value is -1.31. The first-order chi connectivity index (χ1) is 13.1. The third-order valence-corrected chi connectivity index (χ3v) is 7.51. The van der Waals surface area contributed by atoms with Crippen LogP contribution in [-0.4, -0.2) is 59.9 Å². The van der Waals surface area contributed by atoms with Crippen LogP contribution in [0.1, 0.15) is 24.8 Å². The van der Waals surface area contributed by atoms with Crippen LogP contribution in [0.5, 0.6) is 0 Å². The average molecular weight is 428 g/mol. The largest absolute Gasteiger partial charge is 0.343 e. The molecule has 28 heavy (non-hydrogen) atoms. The molecule has 1 aromatic carbocycles. The third kappa shape index (κ3) is 4.47. The number of carbonyl (C=O) groups excluding carboxylic acids is 2. The van der Waals surface area contributed by atoms with E-state index in [9.17, 15) is 14.0 Å². The second-order valence-corrected chi connectivity index (χ2v) is 9.17. The van der Waals surface area contributed by atoms with E-state index in [2.05, 4.69) is 10.6 Å². The van der Waals surface area contributed by atoms with Crippen LogP contribution >= 0.6 is 24.2 Å². The predicted molar refractivity (Wildman–Crippen MR) is 111 cm³/mol. The number of rotatable bonds is 3. The smallest absolute Gasteiger partial charge is 0.246 e. The van der Waals surface area contributed by atoms with Gasteiger partial charge in [0.25, 0.3) is 0 Å². The van der Waals surface area contributed by atoms with Gasteiger partial charge in [0.05, 0.1) is 5.25 Å². The monoisotopic (exact) mass is 427 g/mol. The highest BCUT2D eigenvalue weighted by molar-refractivity contribution is 8.00. The van der Waals surface area contributed by atoms with Crippen molar-refractivity contribution in [2.24, 2.45) is 5.41 Å². The fourth-order valence-electron chi connectivity index (χ4n) is 4.39. The van der Waals surface area contributed by atoms with Gasteiger partial charge in [0, 0.05) is 25.4 Å².